The molecule has 0 aromatic carbocycles. The van der Waals surface area contributed by atoms with Crippen LogP contribution in [0.5, 0.6) is 0 Å². The smallest absolute Gasteiger partial charge is 0.0697 e. The summed E-state index contributed by atoms with van der Waals surface area (Å²) in [6.45, 7) is 2.28. The summed E-state index contributed by atoms with van der Waals surface area (Å²) in [5, 5.41) is 10.7. The number of unbranched alkanes of at least 4 members (excludes halogenated alkanes) is 9. The molecule has 21 heavy (non-hydrogen) atoms. The molecule has 2 unspecified atom stereocenters. The van der Waals surface area contributed by atoms with E-state index in [0.29, 0.717) is 12.2 Å². The van der Waals surface area contributed by atoms with Gasteiger partial charge in [0.1, 0.15) is 0 Å². The van der Waals surface area contributed by atoms with Crippen LogP contribution in [0.25, 0.3) is 0 Å². The van der Waals surface area contributed by atoms with Gasteiger partial charge in [-0.1, -0.05) is 71.1 Å². The van der Waals surface area contributed by atoms with Crippen molar-refractivity contribution in [3.8, 4) is 0 Å². The monoisotopic (exact) mass is 296 g/mol. The van der Waals surface area contributed by atoms with Gasteiger partial charge in [0.2, 0.25) is 0 Å². The number of rotatable bonds is 11. The predicted octanol–water partition coefficient (Wildman–Crippen LogP) is 5.37. The summed E-state index contributed by atoms with van der Waals surface area (Å²) < 4.78 is 5.83. The van der Waals surface area contributed by atoms with Gasteiger partial charge in [-0.25, -0.2) is 0 Å². The molecule has 0 saturated carbocycles. The van der Waals surface area contributed by atoms with E-state index < -0.39 is 5.60 Å². The van der Waals surface area contributed by atoms with Crippen LogP contribution in [0.3, 0.4) is 0 Å². The normalized spacial score (nSPS) is 31.7. The molecule has 2 fully saturated rings. The van der Waals surface area contributed by atoms with Crippen molar-refractivity contribution in [2.75, 3.05) is 0 Å². The number of aliphatic hydroxyl groups is 1. The third kappa shape index (κ3) is 6.28. The van der Waals surface area contributed by atoms with Crippen molar-refractivity contribution in [3.05, 3.63) is 0 Å². The average molecular weight is 296 g/mol. The minimum absolute atomic E-state index is 0.358. The minimum atomic E-state index is -0.399. The van der Waals surface area contributed by atoms with Gasteiger partial charge in [-0.15, -0.1) is 0 Å². The molecule has 0 radical (unpaired) electrons. The molecule has 0 amide bonds. The minimum Gasteiger partial charge on any atom is -0.390 e. The van der Waals surface area contributed by atoms with Crippen molar-refractivity contribution in [2.45, 2.75) is 121 Å². The number of hydrogen-bond donors (Lipinski definition) is 1. The van der Waals surface area contributed by atoms with Gasteiger partial charge in [-0.05, 0) is 19.3 Å². The number of hydrogen-bond acceptors (Lipinski definition) is 2. The van der Waals surface area contributed by atoms with Gasteiger partial charge in [0.05, 0.1) is 17.8 Å². The summed E-state index contributed by atoms with van der Waals surface area (Å²) in [5.74, 6) is 0. The lowest BCUT2D eigenvalue weighted by Crippen LogP contribution is -2.40. The summed E-state index contributed by atoms with van der Waals surface area (Å²) in [7, 11) is 0. The first kappa shape index (κ1) is 17.3. The van der Waals surface area contributed by atoms with Crippen LogP contribution in [0.15, 0.2) is 0 Å². The van der Waals surface area contributed by atoms with Crippen LogP contribution in [0.2, 0.25) is 0 Å². The Balaban J connectivity index is 1.43. The molecular formula is C19H36O2. The second-order valence-electron chi connectivity index (χ2n) is 7.52. The third-order valence-electron chi connectivity index (χ3n) is 5.41. The van der Waals surface area contributed by atoms with Crippen molar-refractivity contribution < 1.29 is 9.84 Å². The lowest BCUT2D eigenvalue weighted by atomic mass is 9.85. The Bertz CT molecular complexity index is 265. The Morgan fingerprint density at radius 2 is 1.29 bits per heavy atom. The summed E-state index contributed by atoms with van der Waals surface area (Å²) >= 11 is 0. The standard InChI is InChI=1S/C19H36O2/c1-2-3-4-5-6-7-8-9-10-11-14-19(20)15-17-12-13-18(16-19)21-17/h17-18,20H,2-16H2,1H3. The SMILES string of the molecule is CCCCCCCCCCCCC1(O)CC2CCC(C1)O2. The fourth-order valence-corrected chi connectivity index (χ4v) is 4.16. The Hall–Kier alpha value is -0.0800. The molecule has 2 heteroatoms. The molecule has 0 aromatic rings. The van der Waals surface area contributed by atoms with Gasteiger partial charge in [-0.3, -0.25) is 0 Å². The summed E-state index contributed by atoms with van der Waals surface area (Å²) in [5.41, 5.74) is -0.399. The Morgan fingerprint density at radius 3 is 1.81 bits per heavy atom. The number of ether oxygens (including phenoxy) is 1. The van der Waals surface area contributed by atoms with Gasteiger partial charge in [0.25, 0.3) is 0 Å². The van der Waals surface area contributed by atoms with E-state index in [0.717, 1.165) is 19.3 Å². The van der Waals surface area contributed by atoms with E-state index in [2.05, 4.69) is 6.92 Å². The molecule has 0 aliphatic carbocycles. The fraction of sp³-hybridized carbons (Fsp3) is 1.00. The van der Waals surface area contributed by atoms with E-state index in [4.69, 9.17) is 4.74 Å². The van der Waals surface area contributed by atoms with Crippen molar-refractivity contribution in [2.24, 2.45) is 0 Å². The van der Waals surface area contributed by atoms with Crippen LogP contribution >= 0.6 is 0 Å². The van der Waals surface area contributed by atoms with Gasteiger partial charge < -0.3 is 9.84 Å². The zero-order valence-corrected chi connectivity index (χ0v) is 14.1. The maximum atomic E-state index is 10.7. The molecule has 2 aliphatic rings. The van der Waals surface area contributed by atoms with Crippen molar-refractivity contribution >= 4 is 0 Å². The number of fused-ring (bicyclic) bond motifs is 2. The summed E-state index contributed by atoms with van der Waals surface area (Å²) in [4.78, 5) is 0. The molecule has 2 bridgehead atoms. The molecular weight excluding hydrogens is 260 g/mol. The van der Waals surface area contributed by atoms with Crippen LogP contribution in [0, 0.1) is 0 Å². The van der Waals surface area contributed by atoms with Crippen LogP contribution in [-0.4, -0.2) is 22.9 Å². The topological polar surface area (TPSA) is 29.5 Å². The highest BCUT2D eigenvalue weighted by atomic mass is 16.5. The zero-order valence-electron chi connectivity index (χ0n) is 14.1. The van der Waals surface area contributed by atoms with Crippen LogP contribution < -0.4 is 0 Å². The first-order valence-electron chi connectivity index (χ1n) is 9.60. The second kappa shape index (κ2) is 9.15. The average Bonchev–Trinajstić information content (AvgIpc) is 2.81. The maximum Gasteiger partial charge on any atom is 0.0697 e. The van der Waals surface area contributed by atoms with Crippen LogP contribution in [-0.2, 0) is 4.74 Å². The van der Waals surface area contributed by atoms with Crippen molar-refractivity contribution in [1.82, 2.24) is 0 Å². The van der Waals surface area contributed by atoms with Crippen molar-refractivity contribution in [3.63, 3.8) is 0 Å². The van der Waals surface area contributed by atoms with E-state index in [9.17, 15) is 5.11 Å². The lowest BCUT2D eigenvalue weighted by Gasteiger charge is -2.36. The Kier molecular flexibility index (Phi) is 7.53. The quantitative estimate of drug-likeness (QED) is 0.519. The van der Waals surface area contributed by atoms with Gasteiger partial charge in [0.15, 0.2) is 0 Å². The maximum absolute atomic E-state index is 10.7. The molecule has 2 rings (SSSR count). The molecule has 0 spiro atoms. The lowest BCUT2D eigenvalue weighted by molar-refractivity contribution is -0.115. The fourth-order valence-electron chi connectivity index (χ4n) is 4.16. The van der Waals surface area contributed by atoms with Crippen LogP contribution in [0.1, 0.15) is 103 Å². The molecule has 0 aromatic heterocycles. The summed E-state index contributed by atoms with van der Waals surface area (Å²) in [6.07, 6.45) is 19.5. The molecule has 2 atom stereocenters. The van der Waals surface area contributed by atoms with Gasteiger partial charge in [0, 0.05) is 12.8 Å². The van der Waals surface area contributed by atoms with E-state index in [-0.39, 0.29) is 0 Å². The highest BCUT2D eigenvalue weighted by molar-refractivity contribution is 4.94. The molecule has 124 valence electrons. The molecule has 2 heterocycles. The summed E-state index contributed by atoms with van der Waals surface area (Å²) in [6, 6.07) is 0. The van der Waals surface area contributed by atoms with Crippen LogP contribution in [0.4, 0.5) is 0 Å². The van der Waals surface area contributed by atoms with E-state index in [1.54, 1.807) is 0 Å². The van der Waals surface area contributed by atoms with E-state index in [1.807, 2.05) is 0 Å². The van der Waals surface area contributed by atoms with Crippen molar-refractivity contribution in [1.29, 1.82) is 0 Å². The predicted molar refractivity (Wildman–Crippen MR) is 88.5 cm³/mol. The van der Waals surface area contributed by atoms with Gasteiger partial charge >= 0.3 is 0 Å². The highest BCUT2D eigenvalue weighted by Crippen LogP contribution is 2.40. The van der Waals surface area contributed by atoms with E-state index >= 15 is 0 Å². The van der Waals surface area contributed by atoms with E-state index in [1.165, 1.54) is 77.0 Å². The second-order valence-corrected chi connectivity index (χ2v) is 7.52. The first-order valence-corrected chi connectivity index (χ1v) is 9.60. The Morgan fingerprint density at radius 1 is 0.810 bits per heavy atom. The third-order valence-corrected chi connectivity index (χ3v) is 5.41. The van der Waals surface area contributed by atoms with Gasteiger partial charge in [-0.2, -0.15) is 0 Å². The molecule has 1 N–H and O–H groups in total. The molecule has 2 nitrogen and oxygen atoms in total. The first-order chi connectivity index (χ1) is 10.2. The molecule has 2 aliphatic heterocycles. The zero-order chi connectivity index (χ0) is 15.0. The highest BCUT2D eigenvalue weighted by Gasteiger charge is 2.42. The Labute approximate surface area is 131 Å². The molecule has 2 saturated heterocycles. The largest absolute Gasteiger partial charge is 0.390 e.